The van der Waals surface area contributed by atoms with Crippen molar-refractivity contribution >= 4 is 75.4 Å². The summed E-state index contributed by atoms with van der Waals surface area (Å²) in [7, 11) is 0. The maximum absolute atomic E-state index is 8.66. The average molecular weight is 1740 g/mol. The summed E-state index contributed by atoms with van der Waals surface area (Å²) in [6, 6.07) is 150. The molecule has 0 unspecified atom stereocenters. The van der Waals surface area contributed by atoms with Crippen molar-refractivity contribution in [3.8, 4) is 168 Å². The van der Waals surface area contributed by atoms with Gasteiger partial charge in [0.2, 0.25) is 0 Å². The molecule has 0 saturated carbocycles. The van der Waals surface area contributed by atoms with Gasteiger partial charge in [0.15, 0.2) is 17.5 Å². The van der Waals surface area contributed by atoms with Crippen molar-refractivity contribution in [2.75, 3.05) is 0 Å². The molecule has 0 fully saturated rings. The molecule has 136 heavy (non-hydrogen) atoms. The van der Waals surface area contributed by atoms with E-state index in [1.807, 2.05) is 97.3 Å². The zero-order valence-electron chi connectivity index (χ0n) is 78.6. The number of benzene rings is 19. The largest absolute Gasteiger partial charge is 0.264 e. The molecule has 0 radical (unpaired) electrons. The monoisotopic (exact) mass is 1740 g/mol. The second-order valence-electron chi connectivity index (χ2n) is 33.6. The Bertz CT molecular complexity index is 9080. The number of rotatable bonds is 15. The van der Waals surface area contributed by atoms with Crippen molar-refractivity contribution in [2.45, 2.75) is 0 Å². The van der Waals surface area contributed by atoms with Crippen molar-refractivity contribution in [1.82, 2.24) is 44.9 Å². The average Bonchev–Trinajstić information content (AvgIpc) is 0.755. The van der Waals surface area contributed by atoms with Crippen LogP contribution in [0.2, 0.25) is 0 Å². The van der Waals surface area contributed by atoms with Crippen LogP contribution in [0, 0.1) is 0 Å². The van der Waals surface area contributed by atoms with E-state index < -0.39 is 18.1 Å². The fraction of sp³-hybridized carbons (Fsp3) is 0. The predicted molar refractivity (Wildman–Crippen MR) is 564 cm³/mol. The zero-order chi connectivity index (χ0) is 94.8. The summed E-state index contributed by atoms with van der Waals surface area (Å²) >= 11 is 0. The Hall–Kier alpha value is -18.3. The molecule has 9 heteroatoms. The molecule has 0 saturated heterocycles. The van der Waals surface area contributed by atoms with Gasteiger partial charge < -0.3 is 0 Å². The minimum Gasteiger partial charge on any atom is -0.264 e. The van der Waals surface area contributed by atoms with E-state index in [0.717, 1.165) is 134 Å². The summed E-state index contributed by atoms with van der Waals surface area (Å²) < 4.78 is 42.0. The Kier molecular flexibility index (Phi) is 20.8. The van der Waals surface area contributed by atoms with Gasteiger partial charge in [0, 0.05) is 104 Å². The quantitative estimate of drug-likeness (QED) is 0.0925. The van der Waals surface area contributed by atoms with Gasteiger partial charge in [-0.2, -0.15) is 0 Å². The zero-order valence-corrected chi connectivity index (χ0v) is 73.6. The smallest absolute Gasteiger partial charge is 0.161 e. The number of pyridine rings is 3. The Balaban J connectivity index is 0.000000118. The summed E-state index contributed by atoms with van der Waals surface area (Å²) in [4.78, 5) is 43.2. The van der Waals surface area contributed by atoms with E-state index in [2.05, 4.69) is 367 Å². The van der Waals surface area contributed by atoms with E-state index in [4.69, 9.17) is 36.8 Å². The number of aromatic nitrogens is 9. The minimum atomic E-state index is -0.462. The van der Waals surface area contributed by atoms with Gasteiger partial charge in [-0.05, 0) is 210 Å². The van der Waals surface area contributed by atoms with E-state index in [1.54, 1.807) is 24.8 Å². The molecular formula is C127H83N9. The van der Waals surface area contributed by atoms with E-state index in [-0.39, 0.29) is 23.5 Å². The van der Waals surface area contributed by atoms with Crippen LogP contribution in [0.3, 0.4) is 0 Å². The van der Waals surface area contributed by atoms with E-state index in [9.17, 15) is 0 Å². The summed E-state index contributed by atoms with van der Waals surface area (Å²) in [6.45, 7) is 0. The predicted octanol–water partition coefficient (Wildman–Crippen LogP) is 32.7. The third kappa shape index (κ3) is 16.9. The van der Waals surface area contributed by atoms with E-state index in [1.165, 1.54) is 75.9 Å². The lowest BCUT2D eigenvalue weighted by Gasteiger charge is -2.14. The first-order valence-corrected chi connectivity index (χ1v) is 45.3. The molecule has 0 N–H and O–H groups in total. The number of hydrogen-bond acceptors (Lipinski definition) is 9. The van der Waals surface area contributed by atoms with Crippen LogP contribution < -0.4 is 0 Å². The lowest BCUT2D eigenvalue weighted by Crippen LogP contribution is -1.97. The maximum Gasteiger partial charge on any atom is 0.161 e. The van der Waals surface area contributed by atoms with Gasteiger partial charge in [0.05, 0.1) is 41.0 Å². The van der Waals surface area contributed by atoms with Gasteiger partial charge in [-0.15, -0.1) is 0 Å². The van der Waals surface area contributed by atoms with Crippen LogP contribution in [-0.2, 0) is 0 Å². The second kappa shape index (κ2) is 36.9. The number of hydrogen-bond donors (Lipinski definition) is 0. The molecule has 25 aromatic rings. The first-order chi connectivity index (χ1) is 69.4. The first-order valence-electron chi connectivity index (χ1n) is 47.8. The summed E-state index contributed by atoms with van der Waals surface area (Å²) in [5.74, 6) is 1.46. The van der Waals surface area contributed by atoms with Gasteiger partial charge >= 0.3 is 0 Å². The third-order valence-electron chi connectivity index (χ3n) is 25.2. The van der Waals surface area contributed by atoms with Crippen molar-refractivity contribution in [2.24, 2.45) is 0 Å². The van der Waals surface area contributed by atoms with Gasteiger partial charge in [0.1, 0.15) is 0 Å². The molecule has 19 aromatic carbocycles. The van der Waals surface area contributed by atoms with Gasteiger partial charge in [0.25, 0.3) is 0 Å². The SMILES string of the molecule is [2H]c1c([2H])c([2H])c(-c2nc(-c3ccc(-c4cc5ccccc5c5ccccc45)cc3)cc(-c3cccc(-c4cccnc4)c3)n2)c([2H])c1[2H].c1ccc(-c2nc(-c3ccc(-c4cc5ccccc5c5ccccc45)cc3)cc(-c3cccc(-c4cccnc4)c3)n2)cc1.c1cncc(-c2cccc(-c3cc(-c4cccc(-c5ccc6ccccc6c5)c4)nc(-c4cc5ccccc5c5ccccc45)n3)c2)c1. The van der Waals surface area contributed by atoms with Gasteiger partial charge in [-0.3, -0.25) is 15.0 Å². The highest BCUT2D eigenvalue weighted by molar-refractivity contribution is 6.16. The summed E-state index contributed by atoms with van der Waals surface area (Å²) in [5.41, 5.74) is 25.4. The normalized spacial score (nSPS) is 11.8. The Morgan fingerprint density at radius 1 is 0.147 bits per heavy atom. The van der Waals surface area contributed by atoms with Crippen LogP contribution in [0.15, 0.2) is 504 Å². The Morgan fingerprint density at radius 2 is 0.426 bits per heavy atom. The summed E-state index contributed by atoms with van der Waals surface area (Å²) in [5, 5.41) is 16.9. The molecule has 6 heterocycles. The molecule has 0 spiro atoms. The molecule has 0 amide bonds. The summed E-state index contributed by atoms with van der Waals surface area (Å²) in [6.07, 6.45) is 10.9. The second-order valence-corrected chi connectivity index (χ2v) is 33.6. The van der Waals surface area contributed by atoms with Crippen molar-refractivity contribution in [1.29, 1.82) is 0 Å². The molecule has 6 aromatic heterocycles. The van der Waals surface area contributed by atoms with Crippen LogP contribution in [-0.4, -0.2) is 44.9 Å². The topological polar surface area (TPSA) is 116 Å². The van der Waals surface area contributed by atoms with Crippen LogP contribution >= 0.6 is 0 Å². The van der Waals surface area contributed by atoms with Crippen molar-refractivity contribution in [3.63, 3.8) is 0 Å². The van der Waals surface area contributed by atoms with Crippen LogP contribution in [0.25, 0.3) is 244 Å². The Morgan fingerprint density at radius 3 is 0.824 bits per heavy atom. The lowest BCUT2D eigenvalue weighted by molar-refractivity contribution is 1.18. The standard InChI is InChI=1S/C45H29N3.2C41H27N3/c1-2-11-31-24-34(22-21-30(31)10-1)32-13-7-15-36(25-32)43-28-44(37-16-8-14-33(26-37)38-17-9-23-46-29-38)48-45(47-43)42-27-35-12-3-4-18-39(35)40-19-5-6-20-41(40)42;2*1-2-10-30(11-3-1)41-43-39(26-40(44-41)33-14-8-13-31(24-33)34-15-9-23-42-27-34)29-21-19-28(20-22-29)38-25-32-12-4-5-16-35(32)36-17-6-7-18-37(36)38/h1-29H;2*1-27H/i;1D,2D,3D,10D,11D;. The molecule has 0 atom stereocenters. The van der Waals surface area contributed by atoms with Crippen LogP contribution in [0.5, 0.6) is 0 Å². The third-order valence-corrected chi connectivity index (χ3v) is 25.2. The van der Waals surface area contributed by atoms with Crippen LogP contribution in [0.1, 0.15) is 6.85 Å². The van der Waals surface area contributed by atoms with Gasteiger partial charge in [-0.25, -0.2) is 29.9 Å². The molecule has 0 aliphatic rings. The highest BCUT2D eigenvalue weighted by Crippen LogP contribution is 2.43. The molecule has 0 bridgehead atoms. The fourth-order valence-corrected chi connectivity index (χ4v) is 18.4. The van der Waals surface area contributed by atoms with E-state index in [0.29, 0.717) is 23.0 Å². The molecule has 0 aliphatic heterocycles. The molecule has 25 rings (SSSR count). The molecule has 636 valence electrons. The maximum atomic E-state index is 8.66. The van der Waals surface area contributed by atoms with Gasteiger partial charge in [-0.1, -0.05) is 382 Å². The van der Waals surface area contributed by atoms with E-state index >= 15 is 0 Å². The van der Waals surface area contributed by atoms with Crippen molar-refractivity contribution in [3.05, 3.63) is 504 Å². The highest BCUT2D eigenvalue weighted by Gasteiger charge is 2.21. The number of fused-ring (bicyclic) bond motifs is 10. The molecule has 9 nitrogen and oxygen atoms in total. The lowest BCUT2D eigenvalue weighted by atomic mass is 9.92. The highest BCUT2D eigenvalue weighted by atomic mass is 14.9. The molecular weight excluding hydrogens is 1650 g/mol. The minimum absolute atomic E-state index is 0.0447. The fourth-order valence-electron chi connectivity index (χ4n) is 18.4. The van der Waals surface area contributed by atoms with Crippen LogP contribution in [0.4, 0.5) is 0 Å². The van der Waals surface area contributed by atoms with Crippen molar-refractivity contribution < 1.29 is 6.85 Å². The number of nitrogens with zero attached hydrogens (tertiary/aromatic N) is 9. The molecule has 0 aliphatic carbocycles. The Labute approximate surface area is 794 Å². The first kappa shape index (κ1) is 76.5.